The summed E-state index contributed by atoms with van der Waals surface area (Å²) >= 11 is 0. The third-order valence-electron chi connectivity index (χ3n) is 2.67. The van der Waals surface area contributed by atoms with Crippen LogP contribution in [0.2, 0.25) is 0 Å². The number of hydrogen-bond donors (Lipinski definition) is 2. The van der Waals surface area contributed by atoms with E-state index in [0.717, 1.165) is 18.7 Å². The van der Waals surface area contributed by atoms with Gasteiger partial charge in [-0.2, -0.15) is 10.4 Å². The summed E-state index contributed by atoms with van der Waals surface area (Å²) in [6, 6.07) is 7.31. The van der Waals surface area contributed by atoms with Crippen molar-refractivity contribution in [1.82, 2.24) is 9.78 Å². The number of nitrogens with zero attached hydrogens (tertiary/aromatic N) is 3. The van der Waals surface area contributed by atoms with Crippen LogP contribution in [-0.2, 0) is 13.5 Å². The third kappa shape index (κ3) is 2.80. The third-order valence-corrected chi connectivity index (χ3v) is 2.67. The van der Waals surface area contributed by atoms with Gasteiger partial charge in [0.2, 0.25) is 0 Å². The fraction of sp³-hybridized carbons (Fsp3) is 0.231. The number of aryl methyl sites for hydroxylation is 1. The molecular weight excluding hydrogens is 226 g/mol. The maximum Gasteiger partial charge on any atom is 0.0992 e. The van der Waals surface area contributed by atoms with Crippen molar-refractivity contribution < 1.29 is 0 Å². The van der Waals surface area contributed by atoms with Crippen LogP contribution in [0.25, 0.3) is 0 Å². The zero-order valence-corrected chi connectivity index (χ0v) is 10.2. The second-order valence-electron chi connectivity index (χ2n) is 4.11. The maximum absolute atomic E-state index is 8.83. The molecule has 0 saturated heterocycles. The lowest BCUT2D eigenvalue weighted by Crippen LogP contribution is -2.06. The van der Waals surface area contributed by atoms with Crippen molar-refractivity contribution in [1.29, 1.82) is 5.26 Å². The molecular formula is C13H15N5. The topological polar surface area (TPSA) is 79.7 Å². The van der Waals surface area contributed by atoms with Gasteiger partial charge in [0.1, 0.15) is 0 Å². The first-order valence-electron chi connectivity index (χ1n) is 5.70. The molecule has 0 spiro atoms. The van der Waals surface area contributed by atoms with Crippen molar-refractivity contribution in [3.63, 3.8) is 0 Å². The molecule has 0 unspecified atom stereocenters. The average Bonchev–Trinajstić information content (AvgIpc) is 2.77. The van der Waals surface area contributed by atoms with Crippen molar-refractivity contribution in [2.24, 2.45) is 7.05 Å². The van der Waals surface area contributed by atoms with E-state index in [2.05, 4.69) is 16.5 Å². The summed E-state index contributed by atoms with van der Waals surface area (Å²) in [5.41, 5.74) is 9.07. The van der Waals surface area contributed by atoms with Crippen LogP contribution in [0.15, 0.2) is 30.6 Å². The average molecular weight is 241 g/mol. The van der Waals surface area contributed by atoms with Crippen LogP contribution >= 0.6 is 0 Å². The molecule has 0 bridgehead atoms. The van der Waals surface area contributed by atoms with Gasteiger partial charge in [0.25, 0.3) is 0 Å². The number of hydrogen-bond acceptors (Lipinski definition) is 4. The van der Waals surface area contributed by atoms with Gasteiger partial charge in [-0.25, -0.2) is 0 Å². The van der Waals surface area contributed by atoms with Gasteiger partial charge >= 0.3 is 0 Å². The van der Waals surface area contributed by atoms with Crippen LogP contribution < -0.4 is 11.1 Å². The minimum Gasteiger partial charge on any atom is -0.397 e. The Morgan fingerprint density at radius 3 is 3.00 bits per heavy atom. The van der Waals surface area contributed by atoms with E-state index in [1.54, 1.807) is 22.9 Å². The molecule has 0 aliphatic heterocycles. The van der Waals surface area contributed by atoms with E-state index in [-0.39, 0.29) is 0 Å². The van der Waals surface area contributed by atoms with Gasteiger partial charge in [0, 0.05) is 19.8 Å². The highest BCUT2D eigenvalue weighted by Gasteiger charge is 2.01. The molecule has 0 radical (unpaired) electrons. The van der Waals surface area contributed by atoms with Crippen LogP contribution in [0.3, 0.4) is 0 Å². The van der Waals surface area contributed by atoms with Gasteiger partial charge in [-0.05, 0) is 30.2 Å². The minimum absolute atomic E-state index is 0.605. The Hall–Kier alpha value is -2.48. The van der Waals surface area contributed by atoms with Gasteiger partial charge in [-0.3, -0.25) is 4.68 Å². The van der Waals surface area contributed by atoms with E-state index in [0.29, 0.717) is 11.3 Å². The second kappa shape index (κ2) is 5.23. The molecule has 1 aromatic carbocycles. The lowest BCUT2D eigenvalue weighted by Gasteiger charge is -2.08. The highest BCUT2D eigenvalue weighted by atomic mass is 15.2. The molecule has 1 heterocycles. The van der Waals surface area contributed by atoms with Crippen LogP contribution in [-0.4, -0.2) is 16.3 Å². The fourth-order valence-corrected chi connectivity index (χ4v) is 1.72. The van der Waals surface area contributed by atoms with Gasteiger partial charge in [-0.1, -0.05) is 0 Å². The molecule has 3 N–H and O–H groups in total. The smallest absolute Gasteiger partial charge is 0.0992 e. The highest BCUT2D eigenvalue weighted by molar-refractivity contribution is 5.68. The molecule has 0 amide bonds. The van der Waals surface area contributed by atoms with Gasteiger partial charge in [-0.15, -0.1) is 0 Å². The number of nitrogens with two attached hydrogens (primary N) is 1. The molecule has 18 heavy (non-hydrogen) atoms. The lowest BCUT2D eigenvalue weighted by molar-refractivity contribution is 0.767. The van der Waals surface area contributed by atoms with E-state index >= 15 is 0 Å². The standard InChI is InChI=1S/C13H15N5/c1-18-9-11(8-17-18)4-5-16-13-6-10(7-14)2-3-12(13)15/h2-3,6,8-9,16H,4-5,15H2,1H3. The molecule has 0 aliphatic carbocycles. The van der Waals surface area contributed by atoms with Crippen molar-refractivity contribution in [3.8, 4) is 6.07 Å². The van der Waals surface area contributed by atoms with E-state index in [1.165, 1.54) is 5.56 Å². The zero-order chi connectivity index (χ0) is 13.0. The highest BCUT2D eigenvalue weighted by Crippen LogP contribution is 2.19. The monoisotopic (exact) mass is 241 g/mol. The number of rotatable bonds is 4. The Morgan fingerprint density at radius 1 is 1.50 bits per heavy atom. The first-order chi connectivity index (χ1) is 8.69. The van der Waals surface area contributed by atoms with Crippen molar-refractivity contribution in [2.45, 2.75) is 6.42 Å². The fourth-order valence-electron chi connectivity index (χ4n) is 1.72. The summed E-state index contributed by atoms with van der Waals surface area (Å²) < 4.78 is 1.78. The van der Waals surface area contributed by atoms with Crippen molar-refractivity contribution >= 4 is 11.4 Å². The second-order valence-corrected chi connectivity index (χ2v) is 4.11. The van der Waals surface area contributed by atoms with Crippen LogP contribution in [0, 0.1) is 11.3 Å². The zero-order valence-electron chi connectivity index (χ0n) is 10.2. The van der Waals surface area contributed by atoms with E-state index in [9.17, 15) is 0 Å². The molecule has 5 nitrogen and oxygen atoms in total. The largest absolute Gasteiger partial charge is 0.397 e. The lowest BCUT2D eigenvalue weighted by atomic mass is 10.2. The molecule has 92 valence electrons. The summed E-state index contributed by atoms with van der Waals surface area (Å²) in [4.78, 5) is 0. The molecule has 0 fully saturated rings. The summed E-state index contributed by atoms with van der Waals surface area (Å²) in [5.74, 6) is 0. The minimum atomic E-state index is 0.605. The Bertz CT molecular complexity index is 579. The Balaban J connectivity index is 1.96. The molecule has 2 rings (SSSR count). The van der Waals surface area contributed by atoms with E-state index in [1.807, 2.05) is 19.4 Å². The van der Waals surface area contributed by atoms with Crippen LogP contribution in [0.1, 0.15) is 11.1 Å². The van der Waals surface area contributed by atoms with E-state index < -0.39 is 0 Å². The Morgan fingerprint density at radius 2 is 2.33 bits per heavy atom. The maximum atomic E-state index is 8.83. The Labute approximate surface area is 106 Å². The Kier molecular flexibility index (Phi) is 3.49. The molecule has 0 atom stereocenters. The predicted molar refractivity (Wildman–Crippen MR) is 71.0 cm³/mol. The SMILES string of the molecule is Cn1cc(CCNc2cc(C#N)ccc2N)cn1. The van der Waals surface area contributed by atoms with Gasteiger partial charge < -0.3 is 11.1 Å². The number of benzene rings is 1. The molecule has 1 aromatic heterocycles. The van der Waals surface area contributed by atoms with E-state index in [4.69, 9.17) is 11.0 Å². The molecule has 0 saturated carbocycles. The van der Waals surface area contributed by atoms with Crippen LogP contribution in [0.4, 0.5) is 11.4 Å². The normalized spacial score (nSPS) is 10.0. The predicted octanol–water partition coefficient (Wildman–Crippen LogP) is 1.53. The number of nitriles is 1. The van der Waals surface area contributed by atoms with Gasteiger partial charge in [0.05, 0.1) is 29.2 Å². The number of nitrogen functional groups attached to an aromatic ring is 1. The van der Waals surface area contributed by atoms with Gasteiger partial charge in [0.15, 0.2) is 0 Å². The van der Waals surface area contributed by atoms with Crippen molar-refractivity contribution in [3.05, 3.63) is 41.7 Å². The van der Waals surface area contributed by atoms with Crippen LogP contribution in [0.5, 0.6) is 0 Å². The summed E-state index contributed by atoms with van der Waals surface area (Å²) in [6.45, 7) is 0.755. The summed E-state index contributed by atoms with van der Waals surface area (Å²) in [5, 5.41) is 16.2. The van der Waals surface area contributed by atoms with Crippen molar-refractivity contribution in [2.75, 3.05) is 17.6 Å². The first kappa shape index (κ1) is 12.0. The molecule has 2 aromatic rings. The number of nitrogens with one attached hydrogen (secondary N) is 1. The summed E-state index contributed by atoms with van der Waals surface area (Å²) in [7, 11) is 1.89. The first-order valence-corrected chi connectivity index (χ1v) is 5.70. The quantitative estimate of drug-likeness (QED) is 0.795. The number of aromatic nitrogens is 2. The summed E-state index contributed by atoms with van der Waals surface area (Å²) in [6.07, 6.45) is 4.69. The number of anilines is 2. The molecule has 5 heteroatoms. The molecule has 0 aliphatic rings.